The van der Waals surface area contributed by atoms with Gasteiger partial charge in [0.2, 0.25) is 0 Å². The molecule has 0 saturated heterocycles. The number of nitrogens with one attached hydrogen (secondary N) is 1. The van der Waals surface area contributed by atoms with Crippen LogP contribution in [0.1, 0.15) is 18.4 Å². The molecular weight excluding hydrogens is 243 g/mol. The van der Waals surface area contributed by atoms with Gasteiger partial charge in [-0.15, -0.1) is 0 Å². The molecule has 106 valence electrons. The maximum atomic E-state index is 14.1. The van der Waals surface area contributed by atoms with Gasteiger partial charge in [0.05, 0.1) is 12.3 Å². The van der Waals surface area contributed by atoms with E-state index in [1.807, 2.05) is 24.1 Å². The fourth-order valence-corrected chi connectivity index (χ4v) is 2.16. The van der Waals surface area contributed by atoms with Crippen LogP contribution in [0.15, 0.2) is 18.2 Å². The molecular formula is C15H23FN2O. The zero-order valence-corrected chi connectivity index (χ0v) is 11.8. The summed E-state index contributed by atoms with van der Waals surface area (Å²) in [4.78, 5) is 2.02. The molecule has 0 aromatic heterocycles. The number of methoxy groups -OCH3 is 1. The Bertz CT molecular complexity index is 407. The molecule has 0 aliphatic heterocycles. The standard InChI is InChI=1S/C15H23FN2O/c1-18(11-12-3-4-12)15-6-5-13(9-14(15)16)10-17-7-8-19-2/h5-6,9,12,17H,3-4,7-8,10-11H2,1-2H3. The molecule has 1 aliphatic rings. The smallest absolute Gasteiger partial charge is 0.146 e. The molecule has 0 atom stereocenters. The average Bonchev–Trinajstić information content (AvgIpc) is 3.18. The minimum atomic E-state index is -0.130. The van der Waals surface area contributed by atoms with Crippen LogP contribution in [-0.2, 0) is 11.3 Å². The lowest BCUT2D eigenvalue weighted by Crippen LogP contribution is -2.22. The van der Waals surface area contributed by atoms with E-state index in [1.165, 1.54) is 12.8 Å². The second-order valence-corrected chi connectivity index (χ2v) is 5.28. The molecule has 19 heavy (non-hydrogen) atoms. The molecule has 1 saturated carbocycles. The topological polar surface area (TPSA) is 24.5 Å². The Kier molecular flexibility index (Phi) is 5.16. The predicted octanol–water partition coefficient (Wildman–Crippen LogP) is 2.41. The first-order chi connectivity index (χ1) is 9.20. The number of rotatable bonds is 8. The van der Waals surface area contributed by atoms with Crippen molar-refractivity contribution in [1.82, 2.24) is 5.32 Å². The monoisotopic (exact) mass is 266 g/mol. The molecule has 0 radical (unpaired) electrons. The van der Waals surface area contributed by atoms with Crippen molar-refractivity contribution in [2.45, 2.75) is 19.4 Å². The summed E-state index contributed by atoms with van der Waals surface area (Å²) < 4.78 is 19.0. The Hall–Kier alpha value is -1.13. The molecule has 0 heterocycles. The first-order valence-corrected chi connectivity index (χ1v) is 6.90. The van der Waals surface area contributed by atoms with Crippen LogP contribution in [-0.4, -0.2) is 33.9 Å². The van der Waals surface area contributed by atoms with E-state index in [2.05, 4.69) is 5.32 Å². The first-order valence-electron chi connectivity index (χ1n) is 6.90. The Morgan fingerprint density at radius 2 is 2.21 bits per heavy atom. The third-order valence-electron chi connectivity index (χ3n) is 3.46. The van der Waals surface area contributed by atoms with E-state index in [0.717, 1.165) is 24.6 Å². The van der Waals surface area contributed by atoms with E-state index < -0.39 is 0 Å². The largest absolute Gasteiger partial charge is 0.383 e. The summed E-state index contributed by atoms with van der Waals surface area (Å²) in [5.74, 6) is 0.633. The number of hydrogen-bond donors (Lipinski definition) is 1. The SMILES string of the molecule is COCCNCc1ccc(N(C)CC2CC2)c(F)c1. The second kappa shape index (κ2) is 6.87. The molecule has 1 fully saturated rings. The average molecular weight is 266 g/mol. The molecule has 1 aromatic carbocycles. The minimum Gasteiger partial charge on any atom is -0.383 e. The van der Waals surface area contributed by atoms with Crippen molar-refractivity contribution >= 4 is 5.69 Å². The van der Waals surface area contributed by atoms with Crippen molar-refractivity contribution < 1.29 is 9.13 Å². The van der Waals surface area contributed by atoms with E-state index in [0.29, 0.717) is 18.8 Å². The normalized spacial score (nSPS) is 14.7. The molecule has 0 unspecified atom stereocenters. The van der Waals surface area contributed by atoms with Crippen molar-refractivity contribution in [2.24, 2.45) is 5.92 Å². The van der Waals surface area contributed by atoms with E-state index in [4.69, 9.17) is 4.74 Å². The Morgan fingerprint density at radius 3 is 2.84 bits per heavy atom. The molecule has 1 aliphatic carbocycles. The van der Waals surface area contributed by atoms with Crippen LogP contribution >= 0.6 is 0 Å². The Balaban J connectivity index is 1.88. The lowest BCUT2D eigenvalue weighted by Gasteiger charge is -2.20. The van der Waals surface area contributed by atoms with Gasteiger partial charge in [-0.1, -0.05) is 6.07 Å². The number of ether oxygens (including phenoxy) is 1. The van der Waals surface area contributed by atoms with Crippen LogP contribution < -0.4 is 10.2 Å². The molecule has 3 nitrogen and oxygen atoms in total. The Morgan fingerprint density at radius 1 is 1.42 bits per heavy atom. The zero-order valence-electron chi connectivity index (χ0n) is 11.8. The van der Waals surface area contributed by atoms with E-state index >= 15 is 0 Å². The summed E-state index contributed by atoms with van der Waals surface area (Å²) in [6.45, 7) is 3.08. The van der Waals surface area contributed by atoms with Gasteiger partial charge in [0.15, 0.2) is 0 Å². The third kappa shape index (κ3) is 4.48. The summed E-state index contributed by atoms with van der Waals surface area (Å²) >= 11 is 0. The quantitative estimate of drug-likeness (QED) is 0.731. The highest BCUT2D eigenvalue weighted by Gasteiger charge is 2.23. The van der Waals surface area contributed by atoms with Gasteiger partial charge in [0, 0.05) is 33.8 Å². The van der Waals surface area contributed by atoms with Crippen LogP contribution in [0.2, 0.25) is 0 Å². The fraction of sp³-hybridized carbons (Fsp3) is 0.600. The molecule has 0 bridgehead atoms. The van der Waals surface area contributed by atoms with Crippen molar-refractivity contribution in [3.05, 3.63) is 29.6 Å². The molecule has 1 N–H and O–H groups in total. The summed E-state index contributed by atoms with van der Waals surface area (Å²) in [6.07, 6.45) is 2.57. The van der Waals surface area contributed by atoms with Crippen molar-refractivity contribution in [2.75, 3.05) is 38.8 Å². The van der Waals surface area contributed by atoms with Gasteiger partial charge in [0.25, 0.3) is 0 Å². The molecule has 1 aromatic rings. The van der Waals surface area contributed by atoms with E-state index in [-0.39, 0.29) is 5.82 Å². The summed E-state index contributed by atoms with van der Waals surface area (Å²) in [5, 5.41) is 3.22. The van der Waals surface area contributed by atoms with Crippen molar-refractivity contribution in [1.29, 1.82) is 0 Å². The fourth-order valence-electron chi connectivity index (χ4n) is 2.16. The number of hydrogen-bond acceptors (Lipinski definition) is 3. The van der Waals surface area contributed by atoms with Gasteiger partial charge in [-0.05, 0) is 36.5 Å². The van der Waals surface area contributed by atoms with E-state index in [1.54, 1.807) is 13.2 Å². The van der Waals surface area contributed by atoms with Gasteiger partial charge in [0.1, 0.15) is 5.82 Å². The Labute approximate surface area is 114 Å². The number of anilines is 1. The summed E-state index contributed by atoms with van der Waals surface area (Å²) in [7, 11) is 3.64. The van der Waals surface area contributed by atoms with Gasteiger partial charge in [-0.3, -0.25) is 0 Å². The highest BCUT2D eigenvalue weighted by Crippen LogP contribution is 2.31. The van der Waals surface area contributed by atoms with Gasteiger partial charge in [-0.2, -0.15) is 0 Å². The number of nitrogens with zero attached hydrogens (tertiary/aromatic N) is 1. The maximum absolute atomic E-state index is 14.1. The highest BCUT2D eigenvalue weighted by atomic mass is 19.1. The molecule has 4 heteroatoms. The van der Waals surface area contributed by atoms with Gasteiger partial charge >= 0.3 is 0 Å². The van der Waals surface area contributed by atoms with Gasteiger partial charge in [-0.25, -0.2) is 4.39 Å². The van der Waals surface area contributed by atoms with Crippen LogP contribution in [0, 0.1) is 11.7 Å². The van der Waals surface area contributed by atoms with Crippen LogP contribution in [0.25, 0.3) is 0 Å². The lowest BCUT2D eigenvalue weighted by molar-refractivity contribution is 0.199. The minimum absolute atomic E-state index is 0.130. The summed E-state index contributed by atoms with van der Waals surface area (Å²) in [5.41, 5.74) is 1.67. The van der Waals surface area contributed by atoms with Crippen LogP contribution in [0.5, 0.6) is 0 Å². The number of halogens is 1. The lowest BCUT2D eigenvalue weighted by atomic mass is 10.1. The number of benzene rings is 1. The van der Waals surface area contributed by atoms with Crippen LogP contribution in [0.3, 0.4) is 0 Å². The third-order valence-corrected chi connectivity index (χ3v) is 3.46. The predicted molar refractivity (Wildman–Crippen MR) is 76.0 cm³/mol. The molecule has 2 rings (SSSR count). The van der Waals surface area contributed by atoms with Crippen molar-refractivity contribution in [3.63, 3.8) is 0 Å². The zero-order chi connectivity index (χ0) is 13.7. The molecule has 0 amide bonds. The van der Waals surface area contributed by atoms with Crippen LogP contribution in [0.4, 0.5) is 10.1 Å². The van der Waals surface area contributed by atoms with E-state index in [9.17, 15) is 4.39 Å². The van der Waals surface area contributed by atoms with Gasteiger partial charge < -0.3 is 15.0 Å². The summed E-state index contributed by atoms with van der Waals surface area (Å²) in [6, 6.07) is 5.49. The molecule has 0 spiro atoms. The maximum Gasteiger partial charge on any atom is 0.146 e. The highest BCUT2D eigenvalue weighted by molar-refractivity contribution is 5.48. The van der Waals surface area contributed by atoms with Crippen molar-refractivity contribution in [3.8, 4) is 0 Å². The second-order valence-electron chi connectivity index (χ2n) is 5.28. The first kappa shape index (κ1) is 14.3.